The van der Waals surface area contributed by atoms with Gasteiger partial charge in [0, 0.05) is 5.02 Å². The Morgan fingerprint density at radius 2 is 1.62 bits per heavy atom. The molecule has 0 aliphatic carbocycles. The van der Waals surface area contributed by atoms with Crippen LogP contribution in [-0.4, -0.2) is 6.21 Å². The number of aryl methyl sites for hydroxylation is 1. The number of nitrogens with zero attached hydrogens (tertiary/aromatic N) is 1. The van der Waals surface area contributed by atoms with E-state index in [9.17, 15) is 0 Å². The van der Waals surface area contributed by atoms with Crippen molar-refractivity contribution in [3.05, 3.63) is 88.9 Å². The first-order chi connectivity index (χ1) is 11.7. The van der Waals surface area contributed by atoms with Crippen LogP contribution in [0.4, 0.5) is 5.69 Å². The number of para-hydroxylation sites is 1. The first kappa shape index (κ1) is 16.1. The molecule has 0 atom stereocenters. The van der Waals surface area contributed by atoms with Gasteiger partial charge in [-0.15, -0.1) is 0 Å². The van der Waals surface area contributed by atoms with Crippen molar-refractivity contribution in [2.24, 2.45) is 5.10 Å². The molecule has 3 nitrogen and oxygen atoms in total. The molecule has 0 bridgehead atoms. The standard InChI is InChI=1S/C20H17ClN2O/c1-15-4-2-3-5-20(15)24-19-12-6-16(7-13-19)14-22-23-18-10-8-17(21)9-11-18/h2-14,23H,1H3. The average Bonchev–Trinajstić information content (AvgIpc) is 2.60. The number of hydrogen-bond donors (Lipinski definition) is 1. The molecular formula is C20H17ClN2O. The number of nitrogens with one attached hydrogen (secondary N) is 1. The Hall–Kier alpha value is -2.78. The molecule has 0 saturated heterocycles. The van der Waals surface area contributed by atoms with E-state index < -0.39 is 0 Å². The smallest absolute Gasteiger partial charge is 0.130 e. The van der Waals surface area contributed by atoms with Gasteiger partial charge in [0.15, 0.2) is 0 Å². The summed E-state index contributed by atoms with van der Waals surface area (Å²) in [4.78, 5) is 0. The van der Waals surface area contributed by atoms with Crippen molar-refractivity contribution in [2.75, 3.05) is 5.43 Å². The molecule has 0 heterocycles. The lowest BCUT2D eigenvalue weighted by Gasteiger charge is -2.08. The molecule has 0 radical (unpaired) electrons. The molecule has 4 heteroatoms. The summed E-state index contributed by atoms with van der Waals surface area (Å²) < 4.78 is 5.88. The van der Waals surface area contributed by atoms with Crippen LogP contribution in [-0.2, 0) is 0 Å². The van der Waals surface area contributed by atoms with Gasteiger partial charge in [0.2, 0.25) is 0 Å². The third-order valence-corrected chi connectivity index (χ3v) is 3.70. The number of ether oxygens (including phenoxy) is 1. The summed E-state index contributed by atoms with van der Waals surface area (Å²) in [6, 6.07) is 23.1. The Kier molecular flexibility index (Phi) is 5.14. The quantitative estimate of drug-likeness (QED) is 0.465. The number of hydrazone groups is 1. The van der Waals surface area contributed by atoms with E-state index in [1.54, 1.807) is 6.21 Å². The summed E-state index contributed by atoms with van der Waals surface area (Å²) in [7, 11) is 0. The highest BCUT2D eigenvalue weighted by atomic mass is 35.5. The second kappa shape index (κ2) is 7.66. The number of rotatable bonds is 5. The Labute approximate surface area is 146 Å². The molecule has 1 N–H and O–H groups in total. The summed E-state index contributed by atoms with van der Waals surface area (Å²) in [5.74, 6) is 1.66. The predicted molar refractivity (Wildman–Crippen MR) is 100 cm³/mol. The molecular weight excluding hydrogens is 320 g/mol. The fourth-order valence-corrected chi connectivity index (χ4v) is 2.25. The lowest BCUT2D eigenvalue weighted by molar-refractivity contribution is 0.479. The second-order valence-corrected chi connectivity index (χ2v) is 5.75. The first-order valence-corrected chi connectivity index (χ1v) is 7.97. The number of hydrogen-bond acceptors (Lipinski definition) is 3. The fourth-order valence-electron chi connectivity index (χ4n) is 2.13. The third kappa shape index (κ3) is 4.37. The number of anilines is 1. The van der Waals surface area contributed by atoms with Gasteiger partial charge in [-0.05, 0) is 72.6 Å². The van der Waals surface area contributed by atoms with Crippen LogP contribution in [0.2, 0.25) is 5.02 Å². The van der Waals surface area contributed by atoms with Gasteiger partial charge in [0.25, 0.3) is 0 Å². The molecule has 0 aromatic heterocycles. The van der Waals surface area contributed by atoms with Crippen LogP contribution < -0.4 is 10.2 Å². The van der Waals surface area contributed by atoms with E-state index in [1.165, 1.54) is 0 Å². The highest BCUT2D eigenvalue weighted by Gasteiger charge is 2.00. The van der Waals surface area contributed by atoms with E-state index >= 15 is 0 Å². The van der Waals surface area contributed by atoms with Gasteiger partial charge in [-0.1, -0.05) is 29.8 Å². The van der Waals surface area contributed by atoms with Gasteiger partial charge in [-0.25, -0.2) is 0 Å². The van der Waals surface area contributed by atoms with Crippen LogP contribution >= 0.6 is 11.6 Å². The van der Waals surface area contributed by atoms with Crippen LogP contribution in [0, 0.1) is 6.92 Å². The lowest BCUT2D eigenvalue weighted by Crippen LogP contribution is -1.91. The Morgan fingerprint density at radius 1 is 0.917 bits per heavy atom. The molecule has 120 valence electrons. The van der Waals surface area contributed by atoms with Gasteiger partial charge in [0.05, 0.1) is 11.9 Å². The summed E-state index contributed by atoms with van der Waals surface area (Å²) in [6.07, 6.45) is 1.76. The summed E-state index contributed by atoms with van der Waals surface area (Å²) in [6.45, 7) is 2.03. The van der Waals surface area contributed by atoms with Gasteiger partial charge in [-0.2, -0.15) is 5.10 Å². The monoisotopic (exact) mass is 336 g/mol. The zero-order valence-electron chi connectivity index (χ0n) is 13.2. The SMILES string of the molecule is Cc1ccccc1Oc1ccc(C=NNc2ccc(Cl)cc2)cc1. The molecule has 24 heavy (non-hydrogen) atoms. The second-order valence-electron chi connectivity index (χ2n) is 5.31. The van der Waals surface area contributed by atoms with Crippen molar-refractivity contribution < 1.29 is 4.74 Å². The largest absolute Gasteiger partial charge is 0.457 e. The third-order valence-electron chi connectivity index (χ3n) is 3.45. The Balaban J connectivity index is 1.61. The van der Waals surface area contributed by atoms with Crippen molar-refractivity contribution in [2.45, 2.75) is 6.92 Å². The van der Waals surface area contributed by atoms with E-state index in [2.05, 4.69) is 10.5 Å². The predicted octanol–water partition coefficient (Wildman–Crippen LogP) is 5.89. The average molecular weight is 337 g/mol. The van der Waals surface area contributed by atoms with Crippen LogP contribution in [0.3, 0.4) is 0 Å². The highest BCUT2D eigenvalue weighted by Crippen LogP contribution is 2.24. The van der Waals surface area contributed by atoms with Crippen LogP contribution in [0.25, 0.3) is 0 Å². The minimum Gasteiger partial charge on any atom is -0.457 e. The molecule has 0 aliphatic rings. The van der Waals surface area contributed by atoms with Crippen molar-refractivity contribution in [1.82, 2.24) is 0 Å². The zero-order valence-corrected chi connectivity index (χ0v) is 14.0. The number of benzene rings is 3. The zero-order chi connectivity index (χ0) is 16.8. The van der Waals surface area contributed by atoms with Crippen LogP contribution in [0.1, 0.15) is 11.1 Å². The summed E-state index contributed by atoms with van der Waals surface area (Å²) in [5, 5.41) is 4.91. The molecule has 0 fully saturated rings. The van der Waals surface area contributed by atoms with Gasteiger partial charge in [-0.3, -0.25) is 5.43 Å². The van der Waals surface area contributed by atoms with E-state index in [0.717, 1.165) is 28.3 Å². The normalized spacial score (nSPS) is 10.8. The minimum atomic E-state index is 0.703. The molecule has 3 rings (SSSR count). The van der Waals surface area contributed by atoms with Gasteiger partial charge in [0.1, 0.15) is 11.5 Å². The van der Waals surface area contributed by atoms with E-state index in [-0.39, 0.29) is 0 Å². The van der Waals surface area contributed by atoms with E-state index in [0.29, 0.717) is 5.02 Å². The molecule has 0 aliphatic heterocycles. The maximum absolute atomic E-state index is 5.88. The topological polar surface area (TPSA) is 33.6 Å². The highest BCUT2D eigenvalue weighted by molar-refractivity contribution is 6.30. The molecule has 3 aromatic carbocycles. The maximum atomic E-state index is 5.88. The molecule has 0 amide bonds. The van der Waals surface area contributed by atoms with Gasteiger partial charge >= 0.3 is 0 Å². The lowest BCUT2D eigenvalue weighted by atomic mass is 10.2. The van der Waals surface area contributed by atoms with Crippen molar-refractivity contribution in [3.63, 3.8) is 0 Å². The Morgan fingerprint density at radius 3 is 2.33 bits per heavy atom. The maximum Gasteiger partial charge on any atom is 0.130 e. The molecule has 0 unspecified atom stereocenters. The first-order valence-electron chi connectivity index (χ1n) is 7.59. The van der Waals surface area contributed by atoms with Crippen molar-refractivity contribution in [3.8, 4) is 11.5 Å². The fraction of sp³-hybridized carbons (Fsp3) is 0.0500. The van der Waals surface area contributed by atoms with Gasteiger partial charge < -0.3 is 4.74 Å². The van der Waals surface area contributed by atoms with Crippen LogP contribution in [0.15, 0.2) is 77.9 Å². The van der Waals surface area contributed by atoms with Crippen molar-refractivity contribution in [1.29, 1.82) is 0 Å². The van der Waals surface area contributed by atoms with Crippen LogP contribution in [0.5, 0.6) is 11.5 Å². The summed E-state index contributed by atoms with van der Waals surface area (Å²) >= 11 is 5.85. The summed E-state index contributed by atoms with van der Waals surface area (Å²) in [5.41, 5.74) is 5.93. The van der Waals surface area contributed by atoms with E-state index in [4.69, 9.17) is 16.3 Å². The van der Waals surface area contributed by atoms with Crippen molar-refractivity contribution >= 4 is 23.5 Å². The molecule has 3 aromatic rings. The number of halogens is 1. The molecule has 0 spiro atoms. The minimum absolute atomic E-state index is 0.703. The van der Waals surface area contributed by atoms with E-state index in [1.807, 2.05) is 79.7 Å². The molecule has 0 saturated carbocycles. The Bertz CT molecular complexity index is 827.